The molecule has 41 heavy (non-hydrogen) atoms. The monoisotopic (exact) mass is 582 g/mol. The van der Waals surface area contributed by atoms with E-state index in [2.05, 4.69) is 54.6 Å². The fourth-order valence-corrected chi connectivity index (χ4v) is 10.9. The highest BCUT2D eigenvalue weighted by molar-refractivity contribution is 6.74. The van der Waals surface area contributed by atoms with Gasteiger partial charge in [-0.25, -0.2) is 4.79 Å². The number of esters is 1. The van der Waals surface area contributed by atoms with E-state index in [0.29, 0.717) is 29.9 Å². The zero-order chi connectivity index (χ0) is 29.9. The molecule has 6 rings (SSSR count). The molecule has 0 aromatic carbocycles. The minimum Gasteiger partial charge on any atom is -0.458 e. The topological polar surface area (TPSA) is 82.2 Å². The maximum absolute atomic E-state index is 13.4. The van der Waals surface area contributed by atoms with Crippen molar-refractivity contribution in [1.29, 1.82) is 0 Å². The average molecular weight is 583 g/mol. The summed E-state index contributed by atoms with van der Waals surface area (Å²) in [5.41, 5.74) is 0.278. The third-order valence-corrected chi connectivity index (χ3v) is 18.1. The van der Waals surface area contributed by atoms with Gasteiger partial charge >= 0.3 is 5.97 Å². The Kier molecular flexibility index (Phi) is 6.63. The number of ether oxygens (including phenoxy) is 2. The third-order valence-electron chi connectivity index (χ3n) is 13.6. The second-order valence-electron chi connectivity index (χ2n) is 16.3. The Morgan fingerprint density at radius 2 is 1.73 bits per heavy atom. The van der Waals surface area contributed by atoms with Crippen molar-refractivity contribution < 1.29 is 28.3 Å². The van der Waals surface area contributed by atoms with Crippen LogP contribution in [0.5, 0.6) is 0 Å². The summed E-state index contributed by atoms with van der Waals surface area (Å²) in [6, 6.07) is 0. The minimum absolute atomic E-state index is 0.00840. The van der Waals surface area contributed by atoms with Crippen molar-refractivity contribution in [3.63, 3.8) is 0 Å². The number of carbonyl (C=O) groups is 3. The molecule has 2 aliphatic heterocycles. The fourth-order valence-electron chi connectivity index (χ4n) is 9.96. The molecule has 3 unspecified atom stereocenters. The Bertz CT molecular complexity index is 1240. The Hall–Kier alpha value is -1.57. The van der Waals surface area contributed by atoms with Gasteiger partial charge in [0.25, 0.3) is 0 Å². The van der Waals surface area contributed by atoms with Crippen LogP contribution in [-0.2, 0) is 28.3 Å². The number of hydrogen-bond acceptors (Lipinski definition) is 6. The Morgan fingerprint density at radius 3 is 2.39 bits per heavy atom. The van der Waals surface area contributed by atoms with Gasteiger partial charge in [-0.2, -0.15) is 0 Å². The predicted octanol–water partition coefficient (Wildman–Crippen LogP) is 6.59. The van der Waals surface area contributed by atoms with E-state index >= 15 is 0 Å². The first-order valence-electron chi connectivity index (χ1n) is 16.0. The van der Waals surface area contributed by atoms with Gasteiger partial charge < -0.3 is 13.9 Å². The van der Waals surface area contributed by atoms with E-state index in [0.717, 1.165) is 44.1 Å². The lowest BCUT2D eigenvalue weighted by atomic mass is 9.44. The molecule has 1 spiro atoms. The number of epoxide rings is 1. The standard InChI is InChI=1S/C34H50O6Si/c1-19-16-26(39-30(37)22(19)18-38-41(8,9)31(3,4)5)20(2)23-10-11-24-21-17-29-34(40-29)28(36)13-12-27(35)33(34,7)25(21)14-15-32(23,24)6/h12-13,20-21,23-26,29H,10-11,14-18H2,1-9H3/t20-,21?,23+,24?,25?,26+,29+,32+,33-,34+/m0/s1. The van der Waals surface area contributed by atoms with Crippen LogP contribution >= 0.6 is 0 Å². The quantitative estimate of drug-likeness (QED) is 0.207. The molecule has 7 heteroatoms. The molecular formula is C34H50O6Si. The molecule has 2 heterocycles. The molecule has 0 aromatic rings. The summed E-state index contributed by atoms with van der Waals surface area (Å²) in [4.78, 5) is 39.7. The van der Waals surface area contributed by atoms with Crippen molar-refractivity contribution in [3.8, 4) is 0 Å². The predicted molar refractivity (Wildman–Crippen MR) is 160 cm³/mol. The van der Waals surface area contributed by atoms with E-state index < -0.39 is 19.3 Å². The highest BCUT2D eigenvalue weighted by Gasteiger charge is 2.80. The smallest absolute Gasteiger partial charge is 0.336 e. The number of ketones is 2. The van der Waals surface area contributed by atoms with Crippen LogP contribution in [0.4, 0.5) is 0 Å². The first-order chi connectivity index (χ1) is 19.0. The molecule has 1 saturated heterocycles. The molecule has 0 N–H and O–H groups in total. The largest absolute Gasteiger partial charge is 0.458 e. The van der Waals surface area contributed by atoms with Crippen LogP contribution in [0.1, 0.15) is 87.0 Å². The molecule has 226 valence electrons. The van der Waals surface area contributed by atoms with Gasteiger partial charge in [-0.05, 0) is 111 Å². The highest BCUT2D eigenvalue weighted by atomic mass is 28.4. The van der Waals surface area contributed by atoms with Crippen LogP contribution in [0, 0.1) is 40.4 Å². The van der Waals surface area contributed by atoms with Gasteiger partial charge in [-0.1, -0.05) is 40.2 Å². The molecule has 6 nitrogen and oxygen atoms in total. The van der Waals surface area contributed by atoms with E-state index in [4.69, 9.17) is 13.9 Å². The SMILES string of the molecule is CC1=C(CO[Si](C)(C)C(C)(C)C)C(=O)O[C@@H]([C@@H](C)[C@H]2CCC3C4C[C@H]5O[C@]56C(=O)C=CC(=O)[C@]6(C)C4CC[C@@]32C)C1. The molecule has 0 aromatic heterocycles. The number of hydrogen-bond donors (Lipinski definition) is 0. The van der Waals surface area contributed by atoms with Crippen molar-refractivity contribution >= 4 is 25.9 Å². The maximum Gasteiger partial charge on any atom is 0.336 e. The first-order valence-corrected chi connectivity index (χ1v) is 18.9. The lowest BCUT2D eigenvalue weighted by Crippen LogP contribution is -2.62. The Morgan fingerprint density at radius 1 is 1.05 bits per heavy atom. The Balaban J connectivity index is 1.18. The molecule has 6 aliphatic rings. The van der Waals surface area contributed by atoms with Gasteiger partial charge in [0.2, 0.25) is 0 Å². The van der Waals surface area contributed by atoms with Crippen LogP contribution in [0.3, 0.4) is 0 Å². The molecule has 0 bridgehead atoms. The molecule has 0 radical (unpaired) electrons. The molecule has 0 amide bonds. The van der Waals surface area contributed by atoms with E-state index in [1.807, 2.05) is 6.92 Å². The second-order valence-corrected chi connectivity index (χ2v) is 21.1. The second kappa shape index (κ2) is 9.22. The number of carbonyl (C=O) groups excluding carboxylic acids is 3. The minimum atomic E-state index is -1.97. The summed E-state index contributed by atoms with van der Waals surface area (Å²) < 4.78 is 18.8. The van der Waals surface area contributed by atoms with Crippen LogP contribution < -0.4 is 0 Å². The van der Waals surface area contributed by atoms with Gasteiger partial charge in [0.1, 0.15) is 6.10 Å². The number of allylic oxidation sites excluding steroid dienone is 1. The van der Waals surface area contributed by atoms with Crippen molar-refractivity contribution in [2.45, 2.75) is 123 Å². The van der Waals surface area contributed by atoms with Gasteiger partial charge in [0, 0.05) is 6.42 Å². The summed E-state index contributed by atoms with van der Waals surface area (Å²) in [5.74, 6) is 1.61. The van der Waals surface area contributed by atoms with Gasteiger partial charge in [-0.15, -0.1) is 0 Å². The zero-order valence-corrected chi connectivity index (χ0v) is 27.6. The highest BCUT2D eigenvalue weighted by Crippen LogP contribution is 2.72. The number of fused-ring (bicyclic) bond motifs is 4. The molecule has 3 saturated carbocycles. The number of cyclic esters (lactones) is 1. The molecular weight excluding hydrogens is 532 g/mol. The van der Waals surface area contributed by atoms with Gasteiger partial charge in [0.15, 0.2) is 25.5 Å². The van der Waals surface area contributed by atoms with Crippen molar-refractivity contribution in [3.05, 3.63) is 23.3 Å². The van der Waals surface area contributed by atoms with E-state index in [-0.39, 0.29) is 52.0 Å². The van der Waals surface area contributed by atoms with Crippen LogP contribution in [0.15, 0.2) is 23.3 Å². The lowest BCUT2D eigenvalue weighted by Gasteiger charge is -2.57. The van der Waals surface area contributed by atoms with Crippen molar-refractivity contribution in [2.24, 2.45) is 40.4 Å². The van der Waals surface area contributed by atoms with Gasteiger partial charge in [-0.3, -0.25) is 9.59 Å². The molecule has 4 fully saturated rings. The van der Waals surface area contributed by atoms with Crippen molar-refractivity contribution in [1.82, 2.24) is 0 Å². The van der Waals surface area contributed by atoms with E-state index in [1.165, 1.54) is 12.2 Å². The van der Waals surface area contributed by atoms with Crippen LogP contribution in [0.25, 0.3) is 0 Å². The summed E-state index contributed by atoms with van der Waals surface area (Å²) in [6.45, 7) is 20.3. The van der Waals surface area contributed by atoms with E-state index in [9.17, 15) is 14.4 Å². The molecule has 4 aliphatic carbocycles. The van der Waals surface area contributed by atoms with Crippen LogP contribution in [-0.4, -0.2) is 50.3 Å². The summed E-state index contributed by atoms with van der Waals surface area (Å²) in [5, 5.41) is 0.0872. The van der Waals surface area contributed by atoms with Crippen molar-refractivity contribution in [2.75, 3.05) is 6.61 Å². The first kappa shape index (κ1) is 29.5. The Labute approximate surface area is 247 Å². The summed E-state index contributed by atoms with van der Waals surface area (Å²) >= 11 is 0. The van der Waals surface area contributed by atoms with Crippen LogP contribution in [0.2, 0.25) is 18.1 Å². The molecule has 10 atom stereocenters. The third kappa shape index (κ3) is 3.96. The fraction of sp³-hybridized carbons (Fsp3) is 0.794. The lowest BCUT2D eigenvalue weighted by molar-refractivity contribution is -0.155. The zero-order valence-electron chi connectivity index (χ0n) is 26.6. The number of rotatable bonds is 5. The maximum atomic E-state index is 13.4. The normalized spacial score (nSPS) is 44.6. The van der Waals surface area contributed by atoms with Gasteiger partial charge in [0.05, 0.1) is 23.7 Å². The van der Waals surface area contributed by atoms with E-state index in [1.54, 1.807) is 0 Å². The summed E-state index contributed by atoms with van der Waals surface area (Å²) in [6.07, 6.45) is 8.59. The average Bonchev–Trinajstić information content (AvgIpc) is 3.51. The summed E-state index contributed by atoms with van der Waals surface area (Å²) in [7, 11) is -1.97.